The number of non-ortho nitro benzene ring substituents is 1. The molecule has 0 atom stereocenters. The molecule has 1 aromatic rings. The van der Waals surface area contributed by atoms with Crippen molar-refractivity contribution in [2.75, 3.05) is 13.1 Å². The number of hydrogen-bond acceptors (Lipinski definition) is 4. The van der Waals surface area contributed by atoms with Gasteiger partial charge in [0.2, 0.25) is 0 Å². The zero-order chi connectivity index (χ0) is 14.7. The third-order valence-corrected chi connectivity index (χ3v) is 3.11. The number of aliphatic carboxylic acids is 1. The van der Waals surface area contributed by atoms with Crippen molar-refractivity contribution in [3.63, 3.8) is 0 Å². The molecular formula is C12H13N3O5. The van der Waals surface area contributed by atoms with E-state index in [-0.39, 0.29) is 31.4 Å². The maximum Gasteiger partial charge on any atom is 0.317 e. The molecule has 1 saturated heterocycles. The van der Waals surface area contributed by atoms with Crippen molar-refractivity contribution >= 4 is 17.7 Å². The summed E-state index contributed by atoms with van der Waals surface area (Å²) in [6, 6.07) is 5.53. The third-order valence-electron chi connectivity index (χ3n) is 3.11. The van der Waals surface area contributed by atoms with Crippen LogP contribution in [0.1, 0.15) is 5.56 Å². The normalized spacial score (nSPS) is 14.5. The number of amides is 2. The quantitative estimate of drug-likeness (QED) is 0.625. The molecule has 0 unspecified atom stereocenters. The van der Waals surface area contributed by atoms with Crippen LogP contribution >= 0.6 is 0 Å². The highest BCUT2D eigenvalue weighted by Gasteiger charge is 2.35. The van der Waals surface area contributed by atoms with E-state index in [4.69, 9.17) is 5.11 Å². The molecule has 20 heavy (non-hydrogen) atoms. The van der Waals surface area contributed by atoms with E-state index < -0.39 is 16.8 Å². The topological polar surface area (TPSA) is 113 Å². The van der Waals surface area contributed by atoms with Crippen molar-refractivity contribution in [1.82, 2.24) is 10.2 Å². The number of nitrogens with one attached hydrogen (secondary N) is 1. The Morgan fingerprint density at radius 3 is 2.45 bits per heavy atom. The van der Waals surface area contributed by atoms with Gasteiger partial charge in [-0.3, -0.25) is 14.9 Å². The first-order valence-corrected chi connectivity index (χ1v) is 5.96. The number of nitro groups is 1. The van der Waals surface area contributed by atoms with Gasteiger partial charge in [-0.15, -0.1) is 0 Å². The summed E-state index contributed by atoms with van der Waals surface area (Å²) in [5.41, 5.74) is 0.728. The number of benzene rings is 1. The molecule has 106 valence electrons. The molecule has 0 aromatic heterocycles. The summed E-state index contributed by atoms with van der Waals surface area (Å²) in [5.74, 6) is -1.38. The minimum atomic E-state index is -0.899. The first-order valence-electron chi connectivity index (χ1n) is 5.96. The SMILES string of the molecule is O=C(O)C1CN(C(=O)NCc2ccc([N+](=O)[O-])cc2)C1. The van der Waals surface area contributed by atoms with Crippen molar-refractivity contribution in [3.8, 4) is 0 Å². The first-order chi connectivity index (χ1) is 9.47. The van der Waals surface area contributed by atoms with Gasteiger partial charge in [-0.2, -0.15) is 0 Å². The lowest BCUT2D eigenvalue weighted by Gasteiger charge is -2.36. The number of urea groups is 1. The number of carboxylic acid groups (broad SMARTS) is 1. The second-order valence-corrected chi connectivity index (χ2v) is 4.52. The Balaban J connectivity index is 1.79. The molecule has 1 aliphatic rings. The van der Waals surface area contributed by atoms with Gasteiger partial charge < -0.3 is 15.3 Å². The van der Waals surface area contributed by atoms with E-state index in [9.17, 15) is 19.7 Å². The van der Waals surface area contributed by atoms with Crippen LogP contribution in [0.2, 0.25) is 0 Å². The van der Waals surface area contributed by atoms with Crippen LogP contribution in [-0.2, 0) is 11.3 Å². The number of carboxylic acids is 1. The van der Waals surface area contributed by atoms with Crippen LogP contribution in [0.4, 0.5) is 10.5 Å². The standard InChI is InChI=1S/C12H13N3O5/c16-11(17)9-6-14(7-9)12(18)13-5-8-1-3-10(4-2-8)15(19)20/h1-4,9H,5-7H2,(H,13,18)(H,16,17). The van der Waals surface area contributed by atoms with Crippen LogP contribution in [0, 0.1) is 16.0 Å². The van der Waals surface area contributed by atoms with Crippen LogP contribution in [-0.4, -0.2) is 40.0 Å². The Bertz CT molecular complexity index is 537. The molecule has 2 N–H and O–H groups in total. The fraction of sp³-hybridized carbons (Fsp3) is 0.333. The van der Waals surface area contributed by atoms with Gasteiger partial charge in [-0.05, 0) is 5.56 Å². The highest BCUT2D eigenvalue weighted by atomic mass is 16.6. The third kappa shape index (κ3) is 3.02. The lowest BCUT2D eigenvalue weighted by molar-refractivity contribution is -0.384. The molecule has 1 heterocycles. The number of nitrogens with zero attached hydrogens (tertiary/aromatic N) is 2. The molecule has 2 amide bonds. The summed E-state index contributed by atoms with van der Waals surface area (Å²) >= 11 is 0. The fourth-order valence-electron chi connectivity index (χ4n) is 1.83. The van der Waals surface area contributed by atoms with Gasteiger partial charge in [0.1, 0.15) is 0 Å². The predicted octanol–water partition coefficient (Wildman–Crippen LogP) is 0.821. The summed E-state index contributed by atoms with van der Waals surface area (Å²) in [6.07, 6.45) is 0. The monoisotopic (exact) mass is 279 g/mol. The Morgan fingerprint density at radius 2 is 1.95 bits per heavy atom. The molecule has 0 radical (unpaired) electrons. The van der Waals surface area contributed by atoms with Crippen LogP contribution < -0.4 is 5.32 Å². The van der Waals surface area contributed by atoms with Gasteiger partial charge in [-0.1, -0.05) is 12.1 Å². The van der Waals surface area contributed by atoms with Crippen LogP contribution in [0.5, 0.6) is 0 Å². The van der Waals surface area contributed by atoms with Crippen LogP contribution in [0.15, 0.2) is 24.3 Å². The van der Waals surface area contributed by atoms with Crippen molar-refractivity contribution in [2.24, 2.45) is 5.92 Å². The number of carbonyl (C=O) groups excluding carboxylic acids is 1. The molecule has 0 aliphatic carbocycles. The lowest BCUT2D eigenvalue weighted by Crippen LogP contribution is -2.56. The number of rotatable bonds is 4. The Kier molecular flexibility index (Phi) is 3.83. The molecule has 8 heteroatoms. The van der Waals surface area contributed by atoms with E-state index in [1.54, 1.807) is 12.1 Å². The maximum absolute atomic E-state index is 11.7. The molecule has 1 fully saturated rings. The maximum atomic E-state index is 11.7. The van der Waals surface area contributed by atoms with E-state index in [0.29, 0.717) is 0 Å². The van der Waals surface area contributed by atoms with Crippen molar-refractivity contribution < 1.29 is 19.6 Å². The van der Waals surface area contributed by atoms with E-state index >= 15 is 0 Å². The van der Waals surface area contributed by atoms with Crippen LogP contribution in [0.25, 0.3) is 0 Å². The first kappa shape index (κ1) is 13.8. The highest BCUT2D eigenvalue weighted by molar-refractivity contribution is 5.79. The molecule has 0 saturated carbocycles. The minimum absolute atomic E-state index is 0.00730. The Morgan fingerprint density at radius 1 is 1.35 bits per heavy atom. The summed E-state index contributed by atoms with van der Waals surface area (Å²) < 4.78 is 0. The second-order valence-electron chi connectivity index (χ2n) is 4.52. The fourth-order valence-corrected chi connectivity index (χ4v) is 1.83. The highest BCUT2D eigenvalue weighted by Crippen LogP contribution is 2.16. The average Bonchev–Trinajstić information content (AvgIpc) is 2.34. The molecule has 1 aromatic carbocycles. The predicted molar refractivity (Wildman–Crippen MR) is 68.0 cm³/mol. The molecule has 2 rings (SSSR count). The molecule has 0 bridgehead atoms. The smallest absolute Gasteiger partial charge is 0.317 e. The molecule has 8 nitrogen and oxygen atoms in total. The summed E-state index contributed by atoms with van der Waals surface area (Å²) in [4.78, 5) is 33.7. The van der Waals surface area contributed by atoms with E-state index in [1.165, 1.54) is 17.0 Å². The number of likely N-dealkylation sites (tertiary alicyclic amines) is 1. The van der Waals surface area contributed by atoms with Crippen molar-refractivity contribution in [2.45, 2.75) is 6.54 Å². The van der Waals surface area contributed by atoms with Crippen molar-refractivity contribution in [1.29, 1.82) is 0 Å². The van der Waals surface area contributed by atoms with Gasteiger partial charge in [0.05, 0.1) is 10.8 Å². The lowest BCUT2D eigenvalue weighted by atomic mass is 10.0. The van der Waals surface area contributed by atoms with E-state index in [1.807, 2.05) is 0 Å². The average molecular weight is 279 g/mol. The van der Waals surface area contributed by atoms with Gasteiger partial charge in [0, 0.05) is 31.8 Å². The summed E-state index contributed by atoms with van der Waals surface area (Å²) in [7, 11) is 0. The minimum Gasteiger partial charge on any atom is -0.481 e. The number of nitro benzene ring substituents is 1. The number of carbonyl (C=O) groups is 2. The van der Waals surface area contributed by atoms with Gasteiger partial charge in [-0.25, -0.2) is 4.79 Å². The van der Waals surface area contributed by atoms with E-state index in [2.05, 4.69) is 5.32 Å². The van der Waals surface area contributed by atoms with Gasteiger partial charge in [0.25, 0.3) is 5.69 Å². The number of hydrogen-bond donors (Lipinski definition) is 2. The van der Waals surface area contributed by atoms with Gasteiger partial charge in [0.15, 0.2) is 0 Å². The molecule has 1 aliphatic heterocycles. The van der Waals surface area contributed by atoms with Gasteiger partial charge >= 0.3 is 12.0 Å². The van der Waals surface area contributed by atoms with Crippen LogP contribution in [0.3, 0.4) is 0 Å². The second kappa shape index (κ2) is 5.55. The zero-order valence-electron chi connectivity index (χ0n) is 10.5. The summed E-state index contributed by atoms with van der Waals surface area (Å²) in [5, 5.41) is 21.8. The Hall–Kier alpha value is -2.64. The molecular weight excluding hydrogens is 266 g/mol. The van der Waals surface area contributed by atoms with Crippen molar-refractivity contribution in [3.05, 3.63) is 39.9 Å². The Labute approximate surface area is 114 Å². The summed E-state index contributed by atoms with van der Waals surface area (Å²) in [6.45, 7) is 0.661. The zero-order valence-corrected chi connectivity index (χ0v) is 10.5. The van der Waals surface area contributed by atoms with E-state index in [0.717, 1.165) is 5.56 Å². The molecule has 0 spiro atoms. The largest absolute Gasteiger partial charge is 0.481 e.